The molecule has 0 spiro atoms. The van der Waals surface area contributed by atoms with Gasteiger partial charge >= 0.3 is 5.97 Å². The number of ether oxygens (including phenoxy) is 1. The zero-order chi connectivity index (χ0) is 24.9. The summed E-state index contributed by atoms with van der Waals surface area (Å²) in [6, 6.07) is 10.7. The van der Waals surface area contributed by atoms with Crippen LogP contribution in [-0.4, -0.2) is 41.0 Å². The second-order valence-electron chi connectivity index (χ2n) is 9.73. The lowest BCUT2D eigenvalue weighted by atomic mass is 9.88. The molecule has 0 fully saturated rings. The van der Waals surface area contributed by atoms with Crippen LogP contribution in [0.15, 0.2) is 49.1 Å². The Hall–Kier alpha value is -2.48. The Bertz CT molecular complexity index is 1010. The summed E-state index contributed by atoms with van der Waals surface area (Å²) >= 11 is 0. The Kier molecular flexibility index (Phi) is 10.2. The monoisotopic (exact) mass is 509 g/mol. The van der Waals surface area contributed by atoms with Crippen LogP contribution in [0.5, 0.6) is 5.75 Å². The number of benzene rings is 2. The van der Waals surface area contributed by atoms with E-state index in [2.05, 4.69) is 50.0 Å². The maximum Gasteiger partial charge on any atom is 0.304 e. The van der Waals surface area contributed by atoms with Crippen LogP contribution in [0, 0.1) is 17.6 Å². The van der Waals surface area contributed by atoms with E-state index in [0.717, 1.165) is 25.3 Å². The molecule has 2 aromatic rings. The molecule has 2 aromatic carbocycles. The van der Waals surface area contributed by atoms with Crippen LogP contribution in [0.2, 0.25) is 0 Å². The molecule has 2 atom stereocenters. The molecular weight excluding hydrogens is 476 g/mol. The fourth-order valence-corrected chi connectivity index (χ4v) is 4.66. The van der Waals surface area contributed by atoms with Crippen molar-refractivity contribution < 1.29 is 28.5 Å². The lowest BCUT2D eigenvalue weighted by Gasteiger charge is -2.30. The summed E-state index contributed by atoms with van der Waals surface area (Å²) in [6.07, 6.45) is 3.14. The van der Waals surface area contributed by atoms with Crippen LogP contribution in [0.4, 0.5) is 8.78 Å². The number of aliphatic hydroxyl groups is 1. The molecule has 0 bridgehead atoms. The Balaban J connectivity index is 0.00000432. The van der Waals surface area contributed by atoms with Crippen molar-refractivity contribution in [2.75, 3.05) is 13.2 Å². The van der Waals surface area contributed by atoms with Crippen molar-refractivity contribution in [3.8, 4) is 5.75 Å². The highest BCUT2D eigenvalue weighted by atomic mass is 35.5. The third kappa shape index (κ3) is 8.02. The zero-order valence-electron chi connectivity index (χ0n) is 20.1. The molecule has 0 radical (unpaired) electrons. The minimum atomic E-state index is -1.18. The predicted molar refractivity (Wildman–Crippen MR) is 134 cm³/mol. The second kappa shape index (κ2) is 12.5. The molecule has 192 valence electrons. The molecule has 3 N–H and O–H groups in total. The summed E-state index contributed by atoms with van der Waals surface area (Å²) in [5.74, 6) is -3.93. The van der Waals surface area contributed by atoms with E-state index in [1.54, 1.807) is 0 Å². The average molecular weight is 510 g/mol. The van der Waals surface area contributed by atoms with Crippen molar-refractivity contribution in [3.05, 3.63) is 77.4 Å². The van der Waals surface area contributed by atoms with Crippen molar-refractivity contribution in [2.45, 2.75) is 57.1 Å². The minimum Gasteiger partial charge on any atom is -0.488 e. The largest absolute Gasteiger partial charge is 0.488 e. The van der Waals surface area contributed by atoms with Gasteiger partial charge in [0.25, 0.3) is 0 Å². The first-order valence-electron chi connectivity index (χ1n) is 11.5. The van der Waals surface area contributed by atoms with E-state index in [-0.39, 0.29) is 48.8 Å². The smallest absolute Gasteiger partial charge is 0.304 e. The molecule has 8 heteroatoms. The number of hydrogen-bond acceptors (Lipinski definition) is 4. The Morgan fingerprint density at radius 2 is 1.89 bits per heavy atom. The molecular formula is C27H34ClF2NO4. The second-order valence-corrected chi connectivity index (χ2v) is 9.73. The van der Waals surface area contributed by atoms with Crippen molar-refractivity contribution >= 4 is 18.4 Å². The number of halogens is 3. The van der Waals surface area contributed by atoms with Gasteiger partial charge in [-0.05, 0) is 67.9 Å². The number of nitrogens with one attached hydrogen (secondary N) is 1. The fraction of sp³-hybridized carbons (Fsp3) is 0.444. The van der Waals surface area contributed by atoms with Gasteiger partial charge < -0.3 is 20.3 Å². The zero-order valence-corrected chi connectivity index (χ0v) is 20.9. The standard InChI is InChI=1S/C27H33F2NO4.ClH/c1-4-18(13-25(32)33)21-11-23(28)26(29)24(12-21)34-16-22(31)15-30-27(2,3)14-17-9-19-7-5-6-8-20(19)10-17;/h4-8,11-12,17-18,22,30-31H,1,9-10,13-16H2,2-3H3,(H,32,33);1H. The van der Waals surface area contributed by atoms with Gasteiger partial charge in [0.15, 0.2) is 11.6 Å². The van der Waals surface area contributed by atoms with Crippen LogP contribution < -0.4 is 10.1 Å². The Morgan fingerprint density at radius 3 is 2.46 bits per heavy atom. The van der Waals surface area contributed by atoms with Gasteiger partial charge in [-0.15, -0.1) is 19.0 Å². The molecule has 0 heterocycles. The maximum atomic E-state index is 14.2. The number of carboxylic acids is 1. The Morgan fingerprint density at radius 1 is 1.26 bits per heavy atom. The highest BCUT2D eigenvalue weighted by molar-refractivity contribution is 5.85. The molecule has 1 aliphatic carbocycles. The summed E-state index contributed by atoms with van der Waals surface area (Å²) in [7, 11) is 0. The average Bonchev–Trinajstić information content (AvgIpc) is 3.18. The van der Waals surface area contributed by atoms with Gasteiger partial charge in [-0.25, -0.2) is 4.39 Å². The third-order valence-electron chi connectivity index (χ3n) is 6.31. The van der Waals surface area contributed by atoms with E-state index in [1.807, 2.05) is 0 Å². The summed E-state index contributed by atoms with van der Waals surface area (Å²) in [5.41, 5.74) is 2.82. The molecule has 2 unspecified atom stereocenters. The summed E-state index contributed by atoms with van der Waals surface area (Å²) < 4.78 is 33.7. The molecule has 5 nitrogen and oxygen atoms in total. The van der Waals surface area contributed by atoms with Crippen LogP contribution >= 0.6 is 12.4 Å². The van der Waals surface area contributed by atoms with E-state index >= 15 is 0 Å². The van der Waals surface area contributed by atoms with E-state index in [9.17, 15) is 18.7 Å². The number of hydrogen-bond donors (Lipinski definition) is 3. The normalized spacial score (nSPS) is 15.1. The SMILES string of the molecule is C=CC(CC(=O)O)c1cc(F)c(F)c(OCC(O)CNC(C)(C)CC2Cc3ccccc3C2)c1.Cl. The quantitative estimate of drug-likeness (QED) is 0.349. The molecule has 0 aliphatic heterocycles. The molecule has 3 rings (SSSR count). The summed E-state index contributed by atoms with van der Waals surface area (Å²) in [6.45, 7) is 7.73. The predicted octanol–water partition coefficient (Wildman–Crippen LogP) is 5.04. The van der Waals surface area contributed by atoms with Gasteiger partial charge in [-0.2, -0.15) is 4.39 Å². The van der Waals surface area contributed by atoms with Crippen LogP contribution in [0.25, 0.3) is 0 Å². The fourth-order valence-electron chi connectivity index (χ4n) is 4.66. The van der Waals surface area contributed by atoms with Crippen LogP contribution in [-0.2, 0) is 17.6 Å². The van der Waals surface area contributed by atoms with Crippen molar-refractivity contribution in [3.63, 3.8) is 0 Å². The van der Waals surface area contributed by atoms with Gasteiger partial charge in [0, 0.05) is 18.0 Å². The molecule has 1 aliphatic rings. The number of carbonyl (C=O) groups is 1. The number of rotatable bonds is 12. The van der Waals surface area contributed by atoms with E-state index in [4.69, 9.17) is 9.84 Å². The third-order valence-corrected chi connectivity index (χ3v) is 6.31. The number of fused-ring (bicyclic) bond motifs is 1. The number of β-amino-alcohol motifs (C(OH)–C–C–N with tert-alkyl or cyclic N) is 1. The van der Waals surface area contributed by atoms with Gasteiger partial charge in [0.2, 0.25) is 5.82 Å². The first kappa shape index (κ1) is 28.8. The molecule has 0 aromatic heterocycles. The van der Waals surface area contributed by atoms with Crippen molar-refractivity contribution in [1.82, 2.24) is 5.32 Å². The number of aliphatic hydroxyl groups excluding tert-OH is 1. The van der Waals surface area contributed by atoms with Gasteiger partial charge in [0.05, 0.1) is 6.42 Å². The van der Waals surface area contributed by atoms with Crippen molar-refractivity contribution in [2.24, 2.45) is 5.92 Å². The molecule has 35 heavy (non-hydrogen) atoms. The first-order valence-corrected chi connectivity index (χ1v) is 11.5. The Labute approximate surface area is 211 Å². The molecule has 0 saturated heterocycles. The minimum absolute atomic E-state index is 0. The van der Waals surface area contributed by atoms with Crippen LogP contribution in [0.1, 0.15) is 49.3 Å². The summed E-state index contributed by atoms with van der Waals surface area (Å²) in [5, 5.41) is 22.8. The van der Waals surface area contributed by atoms with Gasteiger partial charge in [0.1, 0.15) is 12.7 Å². The summed E-state index contributed by atoms with van der Waals surface area (Å²) in [4.78, 5) is 11.0. The van der Waals surface area contributed by atoms with Gasteiger partial charge in [-0.3, -0.25) is 4.79 Å². The lowest BCUT2D eigenvalue weighted by Crippen LogP contribution is -2.46. The lowest BCUT2D eigenvalue weighted by molar-refractivity contribution is -0.137. The molecule has 0 saturated carbocycles. The maximum absolute atomic E-state index is 14.2. The number of allylic oxidation sites excluding steroid dienone is 1. The van der Waals surface area contributed by atoms with Gasteiger partial charge in [-0.1, -0.05) is 30.3 Å². The number of aliphatic carboxylic acids is 1. The number of carboxylic acid groups (broad SMARTS) is 1. The molecule has 0 amide bonds. The van der Waals surface area contributed by atoms with E-state index < -0.39 is 29.6 Å². The first-order chi connectivity index (χ1) is 16.1. The van der Waals surface area contributed by atoms with E-state index in [1.165, 1.54) is 23.3 Å². The van der Waals surface area contributed by atoms with E-state index in [0.29, 0.717) is 5.92 Å². The topological polar surface area (TPSA) is 78.8 Å². The van der Waals surface area contributed by atoms with Crippen molar-refractivity contribution in [1.29, 1.82) is 0 Å². The van der Waals surface area contributed by atoms with Crippen LogP contribution in [0.3, 0.4) is 0 Å². The highest BCUT2D eigenvalue weighted by Gasteiger charge is 2.28. The highest BCUT2D eigenvalue weighted by Crippen LogP contribution is 2.32.